The molecule has 6 nitrogen and oxygen atoms in total. The molecule has 1 atom stereocenters. The molecule has 1 aliphatic heterocycles. The van der Waals surface area contributed by atoms with Gasteiger partial charge in [0, 0.05) is 19.2 Å². The number of anilines is 1. The number of nitrogens with one attached hydrogen (secondary N) is 1. The fourth-order valence-electron chi connectivity index (χ4n) is 4.16. The molecule has 2 heterocycles. The lowest BCUT2D eigenvalue weighted by Crippen LogP contribution is -2.33. The molecule has 4 rings (SSSR count). The van der Waals surface area contributed by atoms with Crippen molar-refractivity contribution in [2.45, 2.75) is 50.8 Å². The monoisotopic (exact) mass is 354 g/mol. The first kappa shape index (κ1) is 17.2. The van der Waals surface area contributed by atoms with E-state index in [0.29, 0.717) is 32.1 Å². The molecule has 138 valence electrons. The Labute approximate surface area is 153 Å². The van der Waals surface area contributed by atoms with Gasteiger partial charge in [-0.2, -0.15) is 5.10 Å². The molecule has 1 aliphatic carbocycles. The Balaban J connectivity index is 1.40. The van der Waals surface area contributed by atoms with Crippen molar-refractivity contribution in [2.24, 2.45) is 0 Å². The van der Waals surface area contributed by atoms with Gasteiger partial charge >= 0.3 is 0 Å². The standard InChI is InChI=1S/C20H26N4O2/c25-18-10-12-23(13-15-5-1-4-8-17(15)18)14-20(26)22-19-9-11-21-24(19)16-6-2-3-7-16/h1,4-5,8-9,11,16,18,25H,2-3,6-7,10,12-14H2,(H,22,26). The molecule has 0 radical (unpaired) electrons. The molecule has 0 saturated heterocycles. The van der Waals surface area contributed by atoms with Crippen LogP contribution in [0.25, 0.3) is 0 Å². The van der Waals surface area contributed by atoms with Crippen molar-refractivity contribution in [1.82, 2.24) is 14.7 Å². The van der Waals surface area contributed by atoms with Gasteiger partial charge in [0.15, 0.2) is 0 Å². The number of hydrogen-bond donors (Lipinski definition) is 2. The number of carbonyl (C=O) groups is 1. The smallest absolute Gasteiger partial charge is 0.239 e. The maximum absolute atomic E-state index is 12.6. The quantitative estimate of drug-likeness (QED) is 0.886. The van der Waals surface area contributed by atoms with E-state index in [2.05, 4.69) is 15.3 Å². The van der Waals surface area contributed by atoms with Crippen LogP contribution in [-0.2, 0) is 11.3 Å². The number of aliphatic hydroxyl groups is 1. The van der Waals surface area contributed by atoms with E-state index in [4.69, 9.17) is 0 Å². The molecule has 1 amide bonds. The van der Waals surface area contributed by atoms with Gasteiger partial charge in [-0.05, 0) is 30.4 Å². The largest absolute Gasteiger partial charge is 0.388 e. The minimum absolute atomic E-state index is 0.0291. The first-order valence-electron chi connectivity index (χ1n) is 9.52. The molecule has 1 saturated carbocycles. The van der Waals surface area contributed by atoms with Crippen LogP contribution < -0.4 is 5.32 Å². The Morgan fingerprint density at radius 2 is 2.00 bits per heavy atom. The van der Waals surface area contributed by atoms with E-state index in [1.165, 1.54) is 12.8 Å². The molecule has 0 spiro atoms. The number of benzene rings is 1. The lowest BCUT2D eigenvalue weighted by molar-refractivity contribution is -0.117. The number of carbonyl (C=O) groups excluding carboxylic acids is 1. The summed E-state index contributed by atoms with van der Waals surface area (Å²) in [6, 6.07) is 10.2. The summed E-state index contributed by atoms with van der Waals surface area (Å²) in [5.41, 5.74) is 2.08. The maximum Gasteiger partial charge on any atom is 0.239 e. The summed E-state index contributed by atoms with van der Waals surface area (Å²) >= 11 is 0. The van der Waals surface area contributed by atoms with Crippen LogP contribution in [0.5, 0.6) is 0 Å². The number of fused-ring (bicyclic) bond motifs is 1. The topological polar surface area (TPSA) is 70.4 Å². The van der Waals surface area contributed by atoms with E-state index in [1.807, 2.05) is 35.0 Å². The third kappa shape index (κ3) is 3.66. The van der Waals surface area contributed by atoms with Gasteiger partial charge in [0.2, 0.25) is 5.91 Å². The summed E-state index contributed by atoms with van der Waals surface area (Å²) in [6.45, 7) is 1.70. The zero-order valence-electron chi connectivity index (χ0n) is 15.0. The highest BCUT2D eigenvalue weighted by Crippen LogP contribution is 2.31. The minimum atomic E-state index is -0.456. The van der Waals surface area contributed by atoms with Gasteiger partial charge in [0.1, 0.15) is 5.82 Å². The van der Waals surface area contributed by atoms with Crippen molar-refractivity contribution < 1.29 is 9.90 Å². The van der Waals surface area contributed by atoms with E-state index in [0.717, 1.165) is 29.8 Å². The number of hydrogen-bond acceptors (Lipinski definition) is 4. The Morgan fingerprint density at radius 3 is 2.85 bits per heavy atom. The van der Waals surface area contributed by atoms with Crippen molar-refractivity contribution in [2.75, 3.05) is 18.4 Å². The van der Waals surface area contributed by atoms with Crippen LogP contribution in [-0.4, -0.2) is 38.8 Å². The SMILES string of the molecule is O=C(CN1CCC(O)c2ccccc2C1)Nc1ccnn1C1CCCC1. The Bertz CT molecular complexity index is 767. The molecule has 2 aliphatic rings. The van der Waals surface area contributed by atoms with Gasteiger partial charge in [-0.25, -0.2) is 4.68 Å². The Kier molecular flexibility index (Phi) is 5.04. The van der Waals surface area contributed by atoms with Crippen molar-refractivity contribution in [3.8, 4) is 0 Å². The summed E-state index contributed by atoms with van der Waals surface area (Å²) in [6.07, 6.45) is 6.66. The molecule has 2 aromatic rings. The molecule has 1 unspecified atom stereocenters. The molecule has 2 N–H and O–H groups in total. The summed E-state index contributed by atoms with van der Waals surface area (Å²) in [7, 11) is 0. The highest BCUT2D eigenvalue weighted by molar-refractivity contribution is 5.91. The number of amides is 1. The zero-order valence-corrected chi connectivity index (χ0v) is 15.0. The van der Waals surface area contributed by atoms with Crippen LogP contribution in [0, 0.1) is 0 Å². The number of aromatic nitrogens is 2. The van der Waals surface area contributed by atoms with Crippen molar-refractivity contribution >= 4 is 11.7 Å². The van der Waals surface area contributed by atoms with Gasteiger partial charge in [-0.1, -0.05) is 37.1 Å². The third-order valence-electron chi connectivity index (χ3n) is 5.50. The summed E-state index contributed by atoms with van der Waals surface area (Å²) < 4.78 is 1.96. The van der Waals surface area contributed by atoms with E-state index in [-0.39, 0.29) is 5.91 Å². The van der Waals surface area contributed by atoms with Gasteiger partial charge in [0.25, 0.3) is 0 Å². The first-order valence-corrected chi connectivity index (χ1v) is 9.52. The van der Waals surface area contributed by atoms with Crippen molar-refractivity contribution in [3.63, 3.8) is 0 Å². The molecule has 6 heteroatoms. The van der Waals surface area contributed by atoms with Gasteiger partial charge < -0.3 is 10.4 Å². The second-order valence-electron chi connectivity index (χ2n) is 7.36. The van der Waals surface area contributed by atoms with E-state index >= 15 is 0 Å². The third-order valence-corrected chi connectivity index (χ3v) is 5.50. The zero-order chi connectivity index (χ0) is 17.9. The minimum Gasteiger partial charge on any atom is -0.388 e. The number of aliphatic hydroxyl groups excluding tert-OH is 1. The molecule has 1 aromatic heterocycles. The molecule has 26 heavy (non-hydrogen) atoms. The lowest BCUT2D eigenvalue weighted by Gasteiger charge is -2.20. The lowest BCUT2D eigenvalue weighted by atomic mass is 10.0. The molecular weight excluding hydrogens is 328 g/mol. The second-order valence-corrected chi connectivity index (χ2v) is 7.36. The second kappa shape index (κ2) is 7.60. The molecule has 1 fully saturated rings. The van der Waals surface area contributed by atoms with Gasteiger partial charge in [-0.3, -0.25) is 9.69 Å². The van der Waals surface area contributed by atoms with Crippen molar-refractivity contribution in [1.29, 1.82) is 0 Å². The number of nitrogens with zero attached hydrogens (tertiary/aromatic N) is 3. The summed E-state index contributed by atoms with van der Waals surface area (Å²) in [4.78, 5) is 14.7. The molecular formula is C20H26N4O2. The first-order chi connectivity index (χ1) is 12.7. The van der Waals surface area contributed by atoms with Crippen LogP contribution in [0.15, 0.2) is 36.5 Å². The van der Waals surface area contributed by atoms with Gasteiger partial charge in [0.05, 0.1) is 24.9 Å². The molecule has 0 bridgehead atoms. The summed E-state index contributed by atoms with van der Waals surface area (Å²) in [5, 5.41) is 17.8. The van der Waals surface area contributed by atoms with E-state index in [9.17, 15) is 9.90 Å². The van der Waals surface area contributed by atoms with Crippen LogP contribution in [0.2, 0.25) is 0 Å². The fourth-order valence-corrected chi connectivity index (χ4v) is 4.16. The van der Waals surface area contributed by atoms with Crippen LogP contribution in [0.3, 0.4) is 0 Å². The predicted octanol–water partition coefficient (Wildman–Crippen LogP) is 2.88. The average Bonchev–Trinajstić information content (AvgIpc) is 3.28. The van der Waals surface area contributed by atoms with Crippen LogP contribution >= 0.6 is 0 Å². The normalized spacial score (nSPS) is 21.3. The Morgan fingerprint density at radius 1 is 1.19 bits per heavy atom. The molecule has 1 aromatic carbocycles. The highest BCUT2D eigenvalue weighted by atomic mass is 16.3. The summed E-state index contributed by atoms with van der Waals surface area (Å²) in [5.74, 6) is 0.760. The van der Waals surface area contributed by atoms with Crippen LogP contribution in [0.1, 0.15) is 55.4 Å². The fraction of sp³-hybridized carbons (Fsp3) is 0.500. The average molecular weight is 354 g/mol. The predicted molar refractivity (Wildman–Crippen MR) is 99.7 cm³/mol. The number of rotatable bonds is 4. The highest BCUT2D eigenvalue weighted by Gasteiger charge is 2.23. The van der Waals surface area contributed by atoms with E-state index < -0.39 is 6.10 Å². The van der Waals surface area contributed by atoms with E-state index in [1.54, 1.807) is 6.20 Å². The van der Waals surface area contributed by atoms with Crippen LogP contribution in [0.4, 0.5) is 5.82 Å². The van der Waals surface area contributed by atoms with Gasteiger partial charge in [-0.15, -0.1) is 0 Å². The maximum atomic E-state index is 12.6. The van der Waals surface area contributed by atoms with Crippen molar-refractivity contribution in [3.05, 3.63) is 47.7 Å². The Hall–Kier alpha value is -2.18.